The molecule has 0 bridgehead atoms. The summed E-state index contributed by atoms with van der Waals surface area (Å²) in [6, 6.07) is 10.5. The molecule has 0 fully saturated rings. The van der Waals surface area contributed by atoms with Crippen LogP contribution in [0.15, 0.2) is 58.7 Å². The number of carbonyl (C=O) groups is 2. The number of nitrogens with one attached hydrogen (secondary N) is 2. The molecular formula is C22H20BrCl2N5O2S. The zero-order chi connectivity index (χ0) is 24.0. The average molecular weight is 569 g/mol. The van der Waals surface area contributed by atoms with Crippen LogP contribution in [0, 0.1) is 6.92 Å². The molecular weight excluding hydrogens is 549 g/mol. The Kier molecular flexibility index (Phi) is 8.96. The van der Waals surface area contributed by atoms with Crippen LogP contribution in [0.25, 0.3) is 0 Å². The molecule has 0 atom stereocenters. The topological polar surface area (TPSA) is 88.9 Å². The fraction of sp³-hybridized carbons (Fsp3) is 0.182. The first kappa shape index (κ1) is 25.3. The number of hydrogen-bond acceptors (Lipinski definition) is 5. The molecule has 0 unspecified atom stereocenters. The highest BCUT2D eigenvalue weighted by Crippen LogP contribution is 2.26. The van der Waals surface area contributed by atoms with Gasteiger partial charge in [0.2, 0.25) is 11.8 Å². The largest absolute Gasteiger partial charge is 0.326 e. The van der Waals surface area contributed by atoms with Gasteiger partial charge in [0.25, 0.3) is 0 Å². The molecule has 3 aromatic rings. The molecule has 0 saturated carbocycles. The van der Waals surface area contributed by atoms with Crippen LogP contribution in [-0.2, 0) is 22.6 Å². The molecule has 1 aromatic heterocycles. The van der Waals surface area contributed by atoms with E-state index in [1.165, 1.54) is 11.8 Å². The van der Waals surface area contributed by atoms with Gasteiger partial charge in [0.15, 0.2) is 5.16 Å². The van der Waals surface area contributed by atoms with E-state index >= 15 is 0 Å². The summed E-state index contributed by atoms with van der Waals surface area (Å²) in [6.07, 6.45) is 1.69. The molecule has 3 rings (SSSR count). The zero-order valence-corrected chi connectivity index (χ0v) is 21.5. The molecule has 0 aliphatic heterocycles. The fourth-order valence-corrected chi connectivity index (χ4v) is 4.16. The number of aryl methyl sites for hydroxylation is 1. The third-order valence-electron chi connectivity index (χ3n) is 4.42. The van der Waals surface area contributed by atoms with Crippen LogP contribution >= 0.6 is 50.9 Å². The first-order valence-corrected chi connectivity index (χ1v) is 12.3. The van der Waals surface area contributed by atoms with Crippen molar-refractivity contribution in [2.24, 2.45) is 0 Å². The number of halogens is 3. The van der Waals surface area contributed by atoms with Gasteiger partial charge in [0, 0.05) is 27.4 Å². The number of amides is 2. The number of allylic oxidation sites excluding steroid dienone is 1. The molecule has 0 radical (unpaired) electrons. The number of anilines is 2. The van der Waals surface area contributed by atoms with Crippen molar-refractivity contribution in [2.75, 3.05) is 16.4 Å². The monoisotopic (exact) mass is 567 g/mol. The Morgan fingerprint density at radius 1 is 1.09 bits per heavy atom. The maximum Gasteiger partial charge on any atom is 0.234 e. The molecule has 0 spiro atoms. The summed E-state index contributed by atoms with van der Waals surface area (Å²) >= 11 is 16.7. The van der Waals surface area contributed by atoms with Crippen molar-refractivity contribution in [3.05, 3.63) is 75.0 Å². The number of aromatic nitrogens is 3. The molecule has 0 aliphatic rings. The van der Waals surface area contributed by atoms with E-state index in [1.54, 1.807) is 41.0 Å². The quantitative estimate of drug-likeness (QED) is 0.253. The predicted molar refractivity (Wildman–Crippen MR) is 137 cm³/mol. The zero-order valence-electron chi connectivity index (χ0n) is 17.6. The Bertz CT molecular complexity index is 1200. The van der Waals surface area contributed by atoms with Crippen LogP contribution in [0.3, 0.4) is 0 Å². The smallest absolute Gasteiger partial charge is 0.234 e. The first-order chi connectivity index (χ1) is 15.8. The van der Waals surface area contributed by atoms with Gasteiger partial charge in [-0.25, -0.2) is 0 Å². The normalized spacial score (nSPS) is 10.7. The van der Waals surface area contributed by atoms with Crippen LogP contribution < -0.4 is 10.6 Å². The van der Waals surface area contributed by atoms with Crippen LogP contribution in [0.1, 0.15) is 11.4 Å². The van der Waals surface area contributed by atoms with E-state index < -0.39 is 0 Å². The van der Waals surface area contributed by atoms with Gasteiger partial charge >= 0.3 is 0 Å². The Morgan fingerprint density at radius 3 is 2.42 bits per heavy atom. The van der Waals surface area contributed by atoms with Crippen molar-refractivity contribution < 1.29 is 9.59 Å². The van der Waals surface area contributed by atoms with E-state index in [9.17, 15) is 9.59 Å². The summed E-state index contributed by atoms with van der Waals surface area (Å²) in [6.45, 7) is 6.04. The Morgan fingerprint density at radius 2 is 1.76 bits per heavy atom. The summed E-state index contributed by atoms with van der Waals surface area (Å²) in [4.78, 5) is 24.9. The number of thioether (sulfide) groups is 1. The molecule has 2 N–H and O–H groups in total. The molecule has 172 valence electrons. The number of carbonyl (C=O) groups excluding carboxylic acids is 2. The molecule has 0 saturated heterocycles. The minimum atomic E-state index is -0.256. The minimum absolute atomic E-state index is 0.0104. The van der Waals surface area contributed by atoms with Gasteiger partial charge in [-0.2, -0.15) is 0 Å². The highest BCUT2D eigenvalue weighted by molar-refractivity contribution is 9.10. The lowest BCUT2D eigenvalue weighted by Crippen LogP contribution is -2.18. The Balaban J connectivity index is 1.62. The van der Waals surface area contributed by atoms with Gasteiger partial charge in [-0.3, -0.25) is 9.59 Å². The van der Waals surface area contributed by atoms with Crippen molar-refractivity contribution in [1.82, 2.24) is 14.8 Å². The van der Waals surface area contributed by atoms with E-state index in [0.29, 0.717) is 38.9 Å². The van der Waals surface area contributed by atoms with Gasteiger partial charge in [-0.05, 0) is 58.7 Å². The lowest BCUT2D eigenvalue weighted by molar-refractivity contribution is -0.116. The average Bonchev–Trinajstić information content (AvgIpc) is 3.13. The van der Waals surface area contributed by atoms with E-state index in [1.807, 2.05) is 13.0 Å². The Hall–Kier alpha value is -2.33. The summed E-state index contributed by atoms with van der Waals surface area (Å²) in [5.41, 5.74) is 2.12. The number of nitrogens with zero attached hydrogens (tertiary/aromatic N) is 3. The minimum Gasteiger partial charge on any atom is -0.326 e. The maximum absolute atomic E-state index is 12.5. The van der Waals surface area contributed by atoms with Crippen LogP contribution in [-0.4, -0.2) is 32.3 Å². The van der Waals surface area contributed by atoms with Gasteiger partial charge in [-0.1, -0.05) is 47.1 Å². The molecule has 2 aromatic carbocycles. The second kappa shape index (κ2) is 11.7. The van der Waals surface area contributed by atoms with Crippen LogP contribution in [0.4, 0.5) is 11.4 Å². The van der Waals surface area contributed by atoms with Crippen LogP contribution in [0.2, 0.25) is 10.0 Å². The van der Waals surface area contributed by atoms with E-state index in [0.717, 1.165) is 10.0 Å². The van der Waals surface area contributed by atoms with Gasteiger partial charge < -0.3 is 15.2 Å². The van der Waals surface area contributed by atoms with Crippen molar-refractivity contribution >= 4 is 74.1 Å². The van der Waals surface area contributed by atoms with Crippen molar-refractivity contribution in [3.63, 3.8) is 0 Å². The fourth-order valence-electron chi connectivity index (χ4n) is 2.79. The Labute approximate surface area is 214 Å². The van der Waals surface area contributed by atoms with E-state index in [4.69, 9.17) is 23.2 Å². The second-order valence-corrected chi connectivity index (χ2v) is 9.56. The number of hydrogen-bond donors (Lipinski definition) is 2. The molecule has 2 amide bonds. The molecule has 7 nitrogen and oxygen atoms in total. The van der Waals surface area contributed by atoms with E-state index in [-0.39, 0.29) is 24.0 Å². The molecule has 33 heavy (non-hydrogen) atoms. The van der Waals surface area contributed by atoms with E-state index in [2.05, 4.69) is 43.3 Å². The summed E-state index contributed by atoms with van der Waals surface area (Å²) in [7, 11) is 0. The summed E-state index contributed by atoms with van der Waals surface area (Å²) < 4.78 is 2.50. The lowest BCUT2D eigenvalue weighted by Gasteiger charge is -2.09. The first-order valence-electron chi connectivity index (χ1n) is 9.73. The van der Waals surface area contributed by atoms with Crippen LogP contribution in [0.5, 0.6) is 0 Å². The van der Waals surface area contributed by atoms with Crippen molar-refractivity contribution in [3.8, 4) is 0 Å². The third kappa shape index (κ3) is 7.07. The standard InChI is InChI=1S/C22H20BrCl2N5O2S/c1-3-8-30-19(11-20(31)26-14-5-4-13(2)17(24)9-14)28-29-22(30)33-12-21(32)27-15-6-7-16(23)18(25)10-15/h3-7,9-10H,1,8,11-12H2,2H3,(H,26,31)(H,27,32). The van der Waals surface area contributed by atoms with Gasteiger partial charge in [0.05, 0.1) is 17.2 Å². The lowest BCUT2D eigenvalue weighted by atomic mass is 10.2. The number of rotatable bonds is 9. The molecule has 1 heterocycles. The summed E-state index contributed by atoms with van der Waals surface area (Å²) in [5, 5.41) is 15.5. The summed E-state index contributed by atoms with van der Waals surface area (Å²) in [5.74, 6) is 0.0983. The van der Waals surface area contributed by atoms with Crippen molar-refractivity contribution in [1.29, 1.82) is 0 Å². The molecule has 0 aliphatic carbocycles. The predicted octanol–water partition coefficient (Wildman–Crippen LogP) is 5.75. The highest BCUT2D eigenvalue weighted by Gasteiger charge is 2.17. The maximum atomic E-state index is 12.5. The van der Waals surface area contributed by atoms with Gasteiger partial charge in [0.1, 0.15) is 5.82 Å². The number of benzene rings is 2. The van der Waals surface area contributed by atoms with Gasteiger partial charge in [-0.15, -0.1) is 16.8 Å². The SMILES string of the molecule is C=CCn1c(CC(=O)Nc2ccc(C)c(Cl)c2)nnc1SCC(=O)Nc1ccc(Br)c(Cl)c1. The third-order valence-corrected chi connectivity index (χ3v) is 7.02. The second-order valence-electron chi connectivity index (χ2n) is 6.95. The highest BCUT2D eigenvalue weighted by atomic mass is 79.9. The molecule has 11 heteroatoms. The van der Waals surface area contributed by atoms with Crippen molar-refractivity contribution in [2.45, 2.75) is 25.0 Å².